The molecule has 5 aromatic rings. The van der Waals surface area contributed by atoms with E-state index in [1.54, 1.807) is 31.5 Å². The SMILES string of the molecule is CCS(=O)(=O)c1ccc(Oc2cc3[nH]c(-c4cnccn4)nc3cc2Oc2c(F)cccc2C#N)cc1. The lowest BCUT2D eigenvalue weighted by Gasteiger charge is -2.14. The Kier molecular flexibility index (Phi) is 6.25. The minimum atomic E-state index is -3.38. The number of fused-ring (bicyclic) bond motifs is 1. The van der Waals surface area contributed by atoms with E-state index in [9.17, 15) is 18.1 Å². The monoisotopic (exact) mass is 515 g/mol. The van der Waals surface area contributed by atoms with Crippen molar-refractivity contribution in [1.82, 2.24) is 19.9 Å². The molecule has 0 saturated heterocycles. The number of H-pyrrole nitrogens is 1. The fraction of sp³-hybridized carbons (Fsp3) is 0.0769. The molecule has 0 spiro atoms. The highest BCUT2D eigenvalue weighted by atomic mass is 32.2. The van der Waals surface area contributed by atoms with Crippen LogP contribution in [0.3, 0.4) is 0 Å². The second-order valence-electron chi connectivity index (χ2n) is 7.80. The van der Waals surface area contributed by atoms with Crippen molar-refractivity contribution in [3.8, 4) is 40.6 Å². The van der Waals surface area contributed by atoms with Gasteiger partial charge in [0.25, 0.3) is 0 Å². The molecule has 0 aliphatic heterocycles. The lowest BCUT2D eigenvalue weighted by Crippen LogP contribution is -2.03. The van der Waals surface area contributed by atoms with Gasteiger partial charge in [-0.15, -0.1) is 0 Å². The highest BCUT2D eigenvalue weighted by Gasteiger charge is 2.19. The van der Waals surface area contributed by atoms with Crippen LogP contribution in [0.15, 0.2) is 78.1 Å². The highest BCUT2D eigenvalue weighted by molar-refractivity contribution is 7.91. The van der Waals surface area contributed by atoms with Crippen LogP contribution in [-0.2, 0) is 9.84 Å². The zero-order valence-electron chi connectivity index (χ0n) is 19.3. The summed E-state index contributed by atoms with van der Waals surface area (Å²) in [4.78, 5) is 16.1. The van der Waals surface area contributed by atoms with Gasteiger partial charge in [0.05, 0.1) is 33.4 Å². The number of imidazole rings is 1. The molecule has 0 atom stereocenters. The number of aromatic amines is 1. The Hall–Kier alpha value is -4.82. The molecule has 0 fully saturated rings. The Morgan fingerprint density at radius 1 is 1.05 bits per heavy atom. The number of nitrogens with zero attached hydrogens (tertiary/aromatic N) is 4. The molecule has 2 aromatic heterocycles. The molecule has 0 aliphatic carbocycles. The van der Waals surface area contributed by atoms with Gasteiger partial charge in [-0.3, -0.25) is 4.98 Å². The van der Waals surface area contributed by atoms with E-state index < -0.39 is 15.7 Å². The maximum Gasteiger partial charge on any atom is 0.180 e. The van der Waals surface area contributed by atoms with Crippen molar-refractivity contribution >= 4 is 20.9 Å². The van der Waals surface area contributed by atoms with E-state index in [4.69, 9.17) is 9.47 Å². The van der Waals surface area contributed by atoms with Gasteiger partial charge in [-0.05, 0) is 36.4 Å². The Morgan fingerprint density at radius 2 is 1.84 bits per heavy atom. The van der Waals surface area contributed by atoms with Crippen LogP contribution in [0.5, 0.6) is 23.0 Å². The van der Waals surface area contributed by atoms with Gasteiger partial charge in [-0.2, -0.15) is 5.26 Å². The van der Waals surface area contributed by atoms with Crippen molar-refractivity contribution in [2.75, 3.05) is 5.75 Å². The maximum atomic E-state index is 14.6. The molecule has 0 amide bonds. The summed E-state index contributed by atoms with van der Waals surface area (Å²) in [5.74, 6) is 0.0342. The molecular formula is C26H18FN5O4S. The van der Waals surface area contributed by atoms with Gasteiger partial charge in [0.15, 0.2) is 38.7 Å². The topological polar surface area (TPSA) is 131 Å². The van der Waals surface area contributed by atoms with E-state index in [1.165, 1.54) is 48.7 Å². The number of rotatable bonds is 7. The van der Waals surface area contributed by atoms with Gasteiger partial charge < -0.3 is 14.5 Å². The molecule has 0 saturated carbocycles. The first-order valence-corrected chi connectivity index (χ1v) is 12.7. The number of nitriles is 1. The normalized spacial score (nSPS) is 11.3. The Labute approximate surface area is 211 Å². The number of aromatic nitrogens is 4. The Balaban J connectivity index is 1.59. The average Bonchev–Trinajstić information content (AvgIpc) is 3.33. The van der Waals surface area contributed by atoms with Crippen LogP contribution in [0.1, 0.15) is 12.5 Å². The molecule has 0 bridgehead atoms. The van der Waals surface area contributed by atoms with Crippen LogP contribution < -0.4 is 9.47 Å². The zero-order valence-corrected chi connectivity index (χ0v) is 20.2. The van der Waals surface area contributed by atoms with Crippen molar-refractivity contribution < 1.29 is 22.3 Å². The third-order valence-corrected chi connectivity index (χ3v) is 7.19. The van der Waals surface area contributed by atoms with Gasteiger partial charge in [0, 0.05) is 24.5 Å². The fourth-order valence-electron chi connectivity index (χ4n) is 3.54. The van der Waals surface area contributed by atoms with Crippen LogP contribution in [0.2, 0.25) is 0 Å². The van der Waals surface area contributed by atoms with E-state index >= 15 is 0 Å². The van der Waals surface area contributed by atoms with Gasteiger partial charge in [0.1, 0.15) is 17.5 Å². The molecule has 2 heterocycles. The summed E-state index contributed by atoms with van der Waals surface area (Å²) in [6.07, 6.45) is 4.63. The van der Waals surface area contributed by atoms with Crippen molar-refractivity contribution in [2.45, 2.75) is 11.8 Å². The van der Waals surface area contributed by atoms with Gasteiger partial charge in [-0.25, -0.2) is 22.8 Å². The first-order valence-electron chi connectivity index (χ1n) is 11.0. The minimum Gasteiger partial charge on any atom is -0.453 e. The van der Waals surface area contributed by atoms with Gasteiger partial charge in [-0.1, -0.05) is 13.0 Å². The van der Waals surface area contributed by atoms with E-state index in [1.807, 2.05) is 6.07 Å². The summed E-state index contributed by atoms with van der Waals surface area (Å²) in [5.41, 5.74) is 1.56. The standard InChI is InChI=1S/C26H18FN5O4S/c1-2-37(33,34)18-8-6-17(7-9-18)35-23-12-20-21(32-26(31-20)22-15-29-10-11-30-22)13-24(23)36-25-16(14-28)4-3-5-19(25)27/h3-13,15H,2H2,1H3,(H,31,32). The van der Waals surface area contributed by atoms with Crippen LogP contribution >= 0.6 is 0 Å². The molecule has 3 aromatic carbocycles. The lowest BCUT2D eigenvalue weighted by molar-refractivity contribution is 0.401. The summed E-state index contributed by atoms with van der Waals surface area (Å²) in [7, 11) is -3.38. The van der Waals surface area contributed by atoms with Crippen LogP contribution in [0, 0.1) is 17.1 Å². The summed E-state index contributed by atoms with van der Waals surface area (Å²) in [6.45, 7) is 1.57. The predicted octanol–water partition coefficient (Wildman–Crippen LogP) is 5.41. The summed E-state index contributed by atoms with van der Waals surface area (Å²) in [6, 6.07) is 15.0. The molecule has 0 aliphatic rings. The van der Waals surface area contributed by atoms with Crippen LogP contribution in [0.4, 0.5) is 4.39 Å². The van der Waals surface area contributed by atoms with Gasteiger partial charge in [0.2, 0.25) is 0 Å². The maximum absolute atomic E-state index is 14.6. The number of hydrogen-bond donors (Lipinski definition) is 1. The molecular weight excluding hydrogens is 497 g/mol. The average molecular weight is 516 g/mol. The van der Waals surface area contributed by atoms with Crippen LogP contribution in [-0.4, -0.2) is 34.1 Å². The van der Waals surface area contributed by atoms with Gasteiger partial charge >= 0.3 is 0 Å². The Bertz CT molecular complexity index is 1750. The van der Waals surface area contributed by atoms with E-state index in [-0.39, 0.29) is 33.5 Å². The molecule has 37 heavy (non-hydrogen) atoms. The minimum absolute atomic E-state index is 0.00227. The number of ether oxygens (including phenoxy) is 2. The first-order chi connectivity index (χ1) is 17.9. The number of para-hydroxylation sites is 1. The number of halogens is 1. The lowest BCUT2D eigenvalue weighted by atomic mass is 10.2. The largest absolute Gasteiger partial charge is 0.453 e. The summed E-state index contributed by atoms with van der Waals surface area (Å²) < 4.78 is 50.8. The smallest absolute Gasteiger partial charge is 0.180 e. The predicted molar refractivity (Wildman–Crippen MR) is 133 cm³/mol. The molecule has 0 unspecified atom stereocenters. The van der Waals surface area contributed by atoms with Crippen molar-refractivity contribution in [1.29, 1.82) is 5.26 Å². The van der Waals surface area contributed by atoms with Crippen LogP contribution in [0.25, 0.3) is 22.6 Å². The van der Waals surface area contributed by atoms with E-state index in [2.05, 4.69) is 19.9 Å². The van der Waals surface area contributed by atoms with Crippen molar-refractivity contribution in [2.24, 2.45) is 0 Å². The second kappa shape index (κ2) is 9.67. The fourth-order valence-corrected chi connectivity index (χ4v) is 4.42. The molecule has 184 valence electrons. The summed E-state index contributed by atoms with van der Waals surface area (Å²) >= 11 is 0. The number of benzene rings is 3. The zero-order chi connectivity index (χ0) is 26.0. The number of nitrogens with one attached hydrogen (secondary N) is 1. The second-order valence-corrected chi connectivity index (χ2v) is 10.1. The molecule has 0 radical (unpaired) electrons. The number of sulfone groups is 1. The third kappa shape index (κ3) is 4.82. The molecule has 5 rings (SSSR count). The molecule has 1 N–H and O–H groups in total. The summed E-state index contributed by atoms with van der Waals surface area (Å²) in [5, 5.41) is 9.43. The van der Waals surface area contributed by atoms with Crippen molar-refractivity contribution in [3.63, 3.8) is 0 Å². The quantitative estimate of drug-likeness (QED) is 0.304. The van der Waals surface area contributed by atoms with E-state index in [0.717, 1.165) is 0 Å². The Morgan fingerprint density at radius 3 is 2.54 bits per heavy atom. The van der Waals surface area contributed by atoms with Crippen molar-refractivity contribution in [3.05, 3.63) is 84.6 Å². The highest BCUT2D eigenvalue weighted by Crippen LogP contribution is 2.40. The van der Waals surface area contributed by atoms with E-state index in [0.29, 0.717) is 28.3 Å². The number of hydrogen-bond acceptors (Lipinski definition) is 8. The third-order valence-electron chi connectivity index (χ3n) is 5.44. The molecule has 11 heteroatoms. The first kappa shape index (κ1) is 23.9. The molecule has 9 nitrogen and oxygen atoms in total.